The molecule has 0 heterocycles. The zero-order valence-corrected chi connectivity index (χ0v) is 20.0. The molecule has 0 fully saturated rings. The van der Waals surface area contributed by atoms with Gasteiger partial charge in [0.2, 0.25) is 11.8 Å². The second-order valence-electron chi connectivity index (χ2n) is 6.71. The van der Waals surface area contributed by atoms with Crippen LogP contribution in [0.15, 0.2) is 47.4 Å². The van der Waals surface area contributed by atoms with E-state index in [4.69, 9.17) is 34.8 Å². The van der Waals surface area contributed by atoms with E-state index >= 15 is 0 Å². The van der Waals surface area contributed by atoms with Gasteiger partial charge in [0.1, 0.15) is 6.04 Å². The highest BCUT2D eigenvalue weighted by atomic mass is 35.5. The Bertz CT molecular complexity index is 862. The predicted octanol–water partition coefficient (Wildman–Crippen LogP) is 6.07. The Morgan fingerprint density at radius 1 is 1.07 bits per heavy atom. The van der Waals surface area contributed by atoms with Gasteiger partial charge in [0, 0.05) is 29.9 Å². The molecular weight excluding hydrogens is 463 g/mol. The van der Waals surface area contributed by atoms with Crippen LogP contribution in [0.2, 0.25) is 15.1 Å². The molecule has 8 heteroatoms. The fraction of sp³-hybridized carbons (Fsp3) is 0.364. The highest BCUT2D eigenvalue weighted by Gasteiger charge is 2.27. The summed E-state index contributed by atoms with van der Waals surface area (Å²) in [4.78, 5) is 28.1. The van der Waals surface area contributed by atoms with Gasteiger partial charge >= 0.3 is 0 Å². The lowest BCUT2D eigenvalue weighted by atomic mass is 10.1. The van der Waals surface area contributed by atoms with E-state index in [1.54, 1.807) is 35.8 Å². The van der Waals surface area contributed by atoms with Crippen molar-refractivity contribution in [3.8, 4) is 0 Å². The van der Waals surface area contributed by atoms with Gasteiger partial charge in [0.05, 0.1) is 10.0 Å². The fourth-order valence-electron chi connectivity index (χ4n) is 3.01. The topological polar surface area (TPSA) is 49.4 Å². The Labute approximate surface area is 197 Å². The first-order valence-corrected chi connectivity index (χ1v) is 11.8. The van der Waals surface area contributed by atoms with Crippen molar-refractivity contribution in [2.24, 2.45) is 0 Å². The minimum atomic E-state index is -0.541. The van der Waals surface area contributed by atoms with Gasteiger partial charge in [-0.3, -0.25) is 9.59 Å². The summed E-state index contributed by atoms with van der Waals surface area (Å²) in [6, 6.07) is 12.3. The van der Waals surface area contributed by atoms with Gasteiger partial charge in [-0.05, 0) is 60.6 Å². The van der Waals surface area contributed by atoms with Gasteiger partial charge in [-0.2, -0.15) is 0 Å². The van der Waals surface area contributed by atoms with Crippen molar-refractivity contribution in [2.75, 3.05) is 12.8 Å². The van der Waals surface area contributed by atoms with E-state index in [1.165, 1.54) is 0 Å². The van der Waals surface area contributed by atoms with Crippen LogP contribution in [0.1, 0.15) is 31.7 Å². The normalized spacial score (nSPS) is 11.8. The van der Waals surface area contributed by atoms with E-state index < -0.39 is 6.04 Å². The summed E-state index contributed by atoms with van der Waals surface area (Å²) in [5.74, 6) is 0.555. The number of thioether (sulfide) groups is 1. The number of carbonyl (C=O) groups is 2. The second-order valence-corrected chi connectivity index (χ2v) is 9.13. The van der Waals surface area contributed by atoms with Crippen LogP contribution in [0.3, 0.4) is 0 Å². The van der Waals surface area contributed by atoms with Crippen LogP contribution in [0.5, 0.6) is 0 Å². The Hall–Kier alpha value is -1.40. The Morgan fingerprint density at radius 2 is 1.77 bits per heavy atom. The van der Waals surface area contributed by atoms with Gasteiger partial charge in [-0.15, -0.1) is 11.8 Å². The summed E-state index contributed by atoms with van der Waals surface area (Å²) < 4.78 is 0. The highest BCUT2D eigenvalue weighted by Crippen LogP contribution is 2.25. The van der Waals surface area contributed by atoms with Gasteiger partial charge in [0.15, 0.2) is 0 Å². The van der Waals surface area contributed by atoms with Crippen LogP contribution >= 0.6 is 46.6 Å². The summed E-state index contributed by atoms with van der Waals surface area (Å²) >= 11 is 19.7. The van der Waals surface area contributed by atoms with E-state index in [0.717, 1.165) is 16.2 Å². The van der Waals surface area contributed by atoms with Crippen LogP contribution in [-0.4, -0.2) is 35.6 Å². The molecule has 162 valence electrons. The molecule has 1 N–H and O–H groups in total. The van der Waals surface area contributed by atoms with Gasteiger partial charge in [-0.25, -0.2) is 0 Å². The molecule has 1 atom stereocenters. The third-order valence-corrected chi connectivity index (χ3v) is 6.68. The van der Waals surface area contributed by atoms with Crippen LogP contribution in [0, 0.1) is 0 Å². The molecule has 2 amide bonds. The number of hydrogen-bond acceptors (Lipinski definition) is 3. The van der Waals surface area contributed by atoms with E-state index in [-0.39, 0.29) is 11.8 Å². The molecule has 0 saturated carbocycles. The standard InChI is InChI=1S/C22H25Cl3N2O2S/c1-3-20(22(29)26-2)27(14-15-6-11-18(24)19(25)13-15)21(28)5-4-12-30-17-9-7-16(23)8-10-17/h6-11,13,20H,3-5,12,14H2,1-2H3,(H,26,29)/t20-/m1/s1. The molecule has 2 rings (SSSR count). The zero-order valence-electron chi connectivity index (χ0n) is 17.0. The van der Waals surface area contributed by atoms with Crippen LogP contribution in [0.25, 0.3) is 0 Å². The third kappa shape index (κ3) is 7.38. The Balaban J connectivity index is 2.04. The van der Waals surface area contributed by atoms with Crippen molar-refractivity contribution in [1.29, 1.82) is 0 Å². The number of likely N-dealkylation sites (N-methyl/N-ethyl adjacent to an activating group) is 1. The summed E-state index contributed by atoms with van der Waals surface area (Å²) in [5, 5.41) is 4.24. The lowest BCUT2D eigenvalue weighted by Gasteiger charge is -2.30. The average Bonchev–Trinajstić information content (AvgIpc) is 2.74. The first kappa shape index (κ1) is 24.9. The minimum absolute atomic E-state index is 0.0618. The smallest absolute Gasteiger partial charge is 0.242 e. The molecule has 0 spiro atoms. The maximum Gasteiger partial charge on any atom is 0.242 e. The molecule has 0 bridgehead atoms. The van der Waals surface area contributed by atoms with Gasteiger partial charge in [0.25, 0.3) is 0 Å². The van der Waals surface area contributed by atoms with Crippen LogP contribution in [-0.2, 0) is 16.1 Å². The van der Waals surface area contributed by atoms with E-state index in [9.17, 15) is 9.59 Å². The average molecular weight is 488 g/mol. The molecule has 2 aromatic rings. The number of carbonyl (C=O) groups excluding carboxylic acids is 2. The first-order chi connectivity index (χ1) is 14.3. The van der Waals surface area contributed by atoms with Crippen molar-refractivity contribution >= 4 is 58.4 Å². The largest absolute Gasteiger partial charge is 0.357 e. The first-order valence-electron chi connectivity index (χ1n) is 9.69. The van der Waals surface area contributed by atoms with Crippen LogP contribution in [0.4, 0.5) is 0 Å². The Kier molecular flexibility index (Phi) is 10.3. The number of benzene rings is 2. The van der Waals surface area contributed by atoms with E-state index in [2.05, 4.69) is 5.32 Å². The lowest BCUT2D eigenvalue weighted by molar-refractivity contribution is -0.141. The number of halogens is 3. The monoisotopic (exact) mass is 486 g/mol. The summed E-state index contributed by atoms with van der Waals surface area (Å²) in [5.41, 5.74) is 0.829. The van der Waals surface area contributed by atoms with Crippen molar-refractivity contribution in [3.63, 3.8) is 0 Å². The molecule has 0 aliphatic heterocycles. The van der Waals surface area contributed by atoms with Gasteiger partial charge < -0.3 is 10.2 Å². The summed E-state index contributed by atoms with van der Waals surface area (Å²) in [6.07, 6.45) is 1.58. The van der Waals surface area contributed by atoms with Crippen molar-refractivity contribution in [2.45, 2.75) is 43.7 Å². The molecule has 0 aliphatic rings. The van der Waals surface area contributed by atoms with E-state index in [1.807, 2.05) is 37.3 Å². The molecule has 0 aromatic heterocycles. The van der Waals surface area contributed by atoms with Crippen molar-refractivity contribution in [3.05, 3.63) is 63.1 Å². The summed E-state index contributed by atoms with van der Waals surface area (Å²) in [7, 11) is 1.58. The number of nitrogens with zero attached hydrogens (tertiary/aromatic N) is 1. The Morgan fingerprint density at radius 3 is 2.37 bits per heavy atom. The number of hydrogen-bond donors (Lipinski definition) is 1. The molecule has 0 aliphatic carbocycles. The van der Waals surface area contributed by atoms with Gasteiger partial charge in [-0.1, -0.05) is 47.8 Å². The molecule has 4 nitrogen and oxygen atoms in total. The molecule has 2 aromatic carbocycles. The van der Waals surface area contributed by atoms with Crippen LogP contribution < -0.4 is 5.32 Å². The predicted molar refractivity (Wildman–Crippen MR) is 127 cm³/mol. The minimum Gasteiger partial charge on any atom is -0.357 e. The number of amides is 2. The maximum atomic E-state index is 13.0. The fourth-order valence-corrected chi connectivity index (χ4v) is 4.31. The molecule has 0 radical (unpaired) electrons. The second kappa shape index (κ2) is 12.5. The SMILES string of the molecule is CC[C@H](C(=O)NC)N(Cc1ccc(Cl)c(Cl)c1)C(=O)CCCSc1ccc(Cl)cc1. The van der Waals surface area contributed by atoms with Crippen molar-refractivity contribution in [1.82, 2.24) is 10.2 Å². The highest BCUT2D eigenvalue weighted by molar-refractivity contribution is 7.99. The van der Waals surface area contributed by atoms with Crippen molar-refractivity contribution < 1.29 is 9.59 Å². The third-order valence-electron chi connectivity index (χ3n) is 4.59. The zero-order chi connectivity index (χ0) is 22.1. The molecular formula is C22H25Cl3N2O2S. The number of rotatable bonds is 10. The molecule has 0 saturated heterocycles. The molecule has 30 heavy (non-hydrogen) atoms. The lowest BCUT2D eigenvalue weighted by Crippen LogP contribution is -2.48. The maximum absolute atomic E-state index is 13.0. The molecule has 0 unspecified atom stereocenters. The number of nitrogens with one attached hydrogen (secondary N) is 1. The quantitative estimate of drug-likeness (QED) is 0.327. The summed E-state index contributed by atoms with van der Waals surface area (Å²) in [6.45, 7) is 2.19. The van der Waals surface area contributed by atoms with E-state index in [0.29, 0.717) is 40.9 Å².